The molecule has 0 saturated heterocycles. The van der Waals surface area contributed by atoms with E-state index in [0.29, 0.717) is 16.9 Å². The fourth-order valence-electron chi connectivity index (χ4n) is 1.86. The molecule has 0 aliphatic carbocycles. The van der Waals surface area contributed by atoms with Crippen LogP contribution >= 0.6 is 31.9 Å². The lowest BCUT2D eigenvalue weighted by Gasteiger charge is -2.11. The summed E-state index contributed by atoms with van der Waals surface area (Å²) in [5.41, 5.74) is 9.71. The number of nitrogen functional groups attached to an aromatic ring is 1. The molecule has 0 aliphatic rings. The Morgan fingerprint density at radius 3 is 2.45 bits per heavy atom. The first-order chi connectivity index (χ1) is 9.38. The van der Waals surface area contributed by atoms with Gasteiger partial charge in [-0.3, -0.25) is 4.79 Å². The van der Waals surface area contributed by atoms with Gasteiger partial charge in [-0.15, -0.1) is 0 Å². The molecule has 0 radical (unpaired) electrons. The van der Waals surface area contributed by atoms with Gasteiger partial charge in [-0.25, -0.2) is 0 Å². The molecular weight excluding hydrogens is 384 g/mol. The van der Waals surface area contributed by atoms with Crippen LogP contribution in [-0.2, 0) is 0 Å². The third-order valence-electron chi connectivity index (χ3n) is 3.04. The number of hydrogen-bond acceptors (Lipinski definition) is 2. The van der Waals surface area contributed by atoms with Crippen molar-refractivity contribution in [1.29, 1.82) is 0 Å². The van der Waals surface area contributed by atoms with Gasteiger partial charge in [0.15, 0.2) is 0 Å². The Morgan fingerprint density at radius 1 is 1.10 bits per heavy atom. The van der Waals surface area contributed by atoms with E-state index < -0.39 is 0 Å². The number of carbonyl (C=O) groups is 1. The maximum atomic E-state index is 12.3. The number of nitrogens with one attached hydrogen (secondary N) is 1. The molecule has 0 fully saturated rings. The first-order valence-electron chi connectivity index (χ1n) is 6.01. The van der Waals surface area contributed by atoms with E-state index >= 15 is 0 Å². The standard InChI is InChI=1S/C15H14Br2N2O/c1-8-5-10(16)3-4-11(8)15(20)19-14-7-13(18)9(2)6-12(14)17/h3-7H,18H2,1-2H3,(H,19,20). The largest absolute Gasteiger partial charge is 0.398 e. The van der Waals surface area contributed by atoms with Crippen LogP contribution < -0.4 is 11.1 Å². The molecule has 2 aromatic rings. The Kier molecular flexibility index (Phi) is 4.50. The Balaban J connectivity index is 2.30. The van der Waals surface area contributed by atoms with Crippen LogP contribution in [0.2, 0.25) is 0 Å². The smallest absolute Gasteiger partial charge is 0.255 e. The zero-order valence-electron chi connectivity index (χ0n) is 11.1. The Morgan fingerprint density at radius 2 is 1.80 bits per heavy atom. The highest BCUT2D eigenvalue weighted by Crippen LogP contribution is 2.28. The molecule has 104 valence electrons. The summed E-state index contributed by atoms with van der Waals surface area (Å²) in [5.74, 6) is -0.154. The van der Waals surface area contributed by atoms with Gasteiger partial charge >= 0.3 is 0 Å². The molecule has 0 heterocycles. The fourth-order valence-corrected chi connectivity index (χ4v) is 2.89. The van der Waals surface area contributed by atoms with Crippen molar-refractivity contribution in [3.05, 3.63) is 56.0 Å². The maximum Gasteiger partial charge on any atom is 0.255 e. The quantitative estimate of drug-likeness (QED) is 0.723. The lowest BCUT2D eigenvalue weighted by atomic mass is 10.1. The molecule has 0 spiro atoms. The monoisotopic (exact) mass is 396 g/mol. The number of benzene rings is 2. The zero-order chi connectivity index (χ0) is 14.9. The van der Waals surface area contributed by atoms with Crippen LogP contribution in [0.5, 0.6) is 0 Å². The number of hydrogen-bond donors (Lipinski definition) is 2. The topological polar surface area (TPSA) is 55.1 Å². The van der Waals surface area contributed by atoms with Crippen LogP contribution in [0.25, 0.3) is 0 Å². The molecule has 1 amide bonds. The van der Waals surface area contributed by atoms with Gasteiger partial charge in [-0.2, -0.15) is 0 Å². The van der Waals surface area contributed by atoms with Gasteiger partial charge < -0.3 is 11.1 Å². The van der Waals surface area contributed by atoms with Gasteiger partial charge in [0.25, 0.3) is 5.91 Å². The molecule has 0 atom stereocenters. The van der Waals surface area contributed by atoms with Crippen molar-refractivity contribution in [2.24, 2.45) is 0 Å². The highest BCUT2D eigenvalue weighted by Gasteiger charge is 2.12. The third kappa shape index (κ3) is 3.22. The molecular formula is C15H14Br2N2O. The summed E-state index contributed by atoms with van der Waals surface area (Å²) in [6.07, 6.45) is 0. The van der Waals surface area contributed by atoms with Gasteiger partial charge in [0.05, 0.1) is 5.69 Å². The molecule has 20 heavy (non-hydrogen) atoms. The summed E-state index contributed by atoms with van der Waals surface area (Å²) >= 11 is 6.82. The van der Waals surface area contributed by atoms with E-state index in [4.69, 9.17) is 5.73 Å². The second kappa shape index (κ2) is 5.97. The average Bonchev–Trinajstić information content (AvgIpc) is 2.35. The van der Waals surface area contributed by atoms with Crippen molar-refractivity contribution in [2.45, 2.75) is 13.8 Å². The van der Waals surface area contributed by atoms with Gasteiger partial charge in [-0.1, -0.05) is 15.9 Å². The van der Waals surface area contributed by atoms with Crippen LogP contribution in [-0.4, -0.2) is 5.91 Å². The highest BCUT2D eigenvalue weighted by atomic mass is 79.9. The van der Waals surface area contributed by atoms with Crippen LogP contribution in [0.1, 0.15) is 21.5 Å². The van der Waals surface area contributed by atoms with Gasteiger partial charge in [0.2, 0.25) is 0 Å². The van der Waals surface area contributed by atoms with Gasteiger partial charge in [0, 0.05) is 20.2 Å². The Hall–Kier alpha value is -1.33. The van der Waals surface area contributed by atoms with Crippen LogP contribution in [0, 0.1) is 13.8 Å². The first kappa shape index (κ1) is 15.1. The summed E-state index contributed by atoms with van der Waals surface area (Å²) in [6.45, 7) is 3.82. The van der Waals surface area contributed by atoms with E-state index in [1.807, 2.05) is 32.0 Å². The number of halogens is 2. The van der Waals surface area contributed by atoms with Crippen LogP contribution in [0.15, 0.2) is 39.3 Å². The minimum Gasteiger partial charge on any atom is -0.398 e. The van der Waals surface area contributed by atoms with E-state index in [-0.39, 0.29) is 5.91 Å². The van der Waals surface area contributed by atoms with Crippen LogP contribution in [0.4, 0.5) is 11.4 Å². The molecule has 0 unspecified atom stereocenters. The van der Waals surface area contributed by atoms with Crippen molar-refractivity contribution >= 4 is 49.1 Å². The molecule has 2 rings (SSSR count). The summed E-state index contributed by atoms with van der Waals surface area (Å²) in [4.78, 5) is 12.3. The number of anilines is 2. The van der Waals surface area contributed by atoms with E-state index in [1.54, 1.807) is 12.1 Å². The van der Waals surface area contributed by atoms with E-state index in [0.717, 1.165) is 20.1 Å². The second-order valence-electron chi connectivity index (χ2n) is 4.60. The highest BCUT2D eigenvalue weighted by molar-refractivity contribution is 9.10. The zero-order valence-corrected chi connectivity index (χ0v) is 14.3. The predicted molar refractivity (Wildman–Crippen MR) is 90.1 cm³/mol. The fraction of sp³-hybridized carbons (Fsp3) is 0.133. The van der Waals surface area contributed by atoms with E-state index in [1.165, 1.54) is 0 Å². The normalized spacial score (nSPS) is 10.4. The lowest BCUT2D eigenvalue weighted by Crippen LogP contribution is -2.14. The Labute approximate surface area is 134 Å². The molecule has 0 aromatic heterocycles. The number of nitrogens with two attached hydrogens (primary N) is 1. The molecule has 0 saturated carbocycles. The minimum atomic E-state index is -0.154. The van der Waals surface area contributed by atoms with Crippen molar-refractivity contribution in [3.8, 4) is 0 Å². The summed E-state index contributed by atoms with van der Waals surface area (Å²) in [6, 6.07) is 9.19. The number of aryl methyl sites for hydroxylation is 2. The molecule has 2 aromatic carbocycles. The van der Waals surface area contributed by atoms with Crippen molar-refractivity contribution in [3.63, 3.8) is 0 Å². The first-order valence-corrected chi connectivity index (χ1v) is 7.60. The second-order valence-corrected chi connectivity index (χ2v) is 6.37. The molecule has 0 aliphatic heterocycles. The van der Waals surface area contributed by atoms with Crippen molar-refractivity contribution in [2.75, 3.05) is 11.1 Å². The number of carbonyl (C=O) groups excluding carboxylic acids is 1. The minimum absolute atomic E-state index is 0.154. The van der Waals surface area contributed by atoms with Crippen molar-refractivity contribution in [1.82, 2.24) is 0 Å². The third-order valence-corrected chi connectivity index (χ3v) is 4.19. The van der Waals surface area contributed by atoms with Crippen LogP contribution in [0.3, 0.4) is 0 Å². The SMILES string of the molecule is Cc1cc(Br)c(NC(=O)c2ccc(Br)cc2C)cc1N. The predicted octanol–water partition coefficient (Wildman–Crippen LogP) is 4.66. The lowest BCUT2D eigenvalue weighted by molar-refractivity contribution is 0.102. The van der Waals surface area contributed by atoms with E-state index in [2.05, 4.69) is 37.2 Å². The maximum absolute atomic E-state index is 12.3. The summed E-state index contributed by atoms with van der Waals surface area (Å²) in [7, 11) is 0. The van der Waals surface area contributed by atoms with Gasteiger partial charge in [0.1, 0.15) is 0 Å². The van der Waals surface area contributed by atoms with Gasteiger partial charge in [-0.05, 0) is 71.2 Å². The Bertz CT molecular complexity index is 684. The molecule has 0 bridgehead atoms. The van der Waals surface area contributed by atoms with E-state index in [9.17, 15) is 4.79 Å². The summed E-state index contributed by atoms with van der Waals surface area (Å²) < 4.78 is 1.76. The van der Waals surface area contributed by atoms with Crippen molar-refractivity contribution < 1.29 is 4.79 Å². The molecule has 3 nitrogen and oxygen atoms in total. The number of rotatable bonds is 2. The average molecular weight is 398 g/mol. The number of amides is 1. The molecule has 5 heteroatoms. The summed E-state index contributed by atoms with van der Waals surface area (Å²) in [5, 5.41) is 2.87. The molecule has 3 N–H and O–H groups in total.